The van der Waals surface area contributed by atoms with Crippen LogP contribution in [0.25, 0.3) is 11.0 Å². The summed E-state index contributed by atoms with van der Waals surface area (Å²) >= 11 is 0. The lowest BCUT2D eigenvalue weighted by molar-refractivity contribution is -0.0653. The van der Waals surface area contributed by atoms with Crippen LogP contribution >= 0.6 is 0 Å². The Bertz CT molecular complexity index is 576. The Morgan fingerprint density at radius 1 is 1.25 bits per heavy atom. The molecule has 0 N–H and O–H groups in total. The first-order valence-electron chi connectivity index (χ1n) is 7.01. The van der Waals surface area contributed by atoms with E-state index < -0.39 is 0 Å². The van der Waals surface area contributed by atoms with E-state index in [0.717, 1.165) is 24.1 Å². The van der Waals surface area contributed by atoms with Crippen LogP contribution in [0.3, 0.4) is 0 Å². The van der Waals surface area contributed by atoms with Crippen LogP contribution in [-0.2, 0) is 4.74 Å². The maximum absolute atomic E-state index is 12.3. The Morgan fingerprint density at radius 3 is 2.65 bits per heavy atom. The maximum atomic E-state index is 12.3. The first-order chi connectivity index (χ1) is 9.61. The molecule has 1 aliphatic heterocycles. The fourth-order valence-corrected chi connectivity index (χ4v) is 2.81. The number of carbonyl (C=O) groups is 1. The van der Waals surface area contributed by atoms with Crippen LogP contribution < -0.4 is 0 Å². The molecule has 2 atom stereocenters. The summed E-state index contributed by atoms with van der Waals surface area (Å²) in [5, 5.41) is 0.972. The molecule has 0 spiro atoms. The lowest BCUT2D eigenvalue weighted by atomic mass is 10.2. The molecule has 1 aromatic heterocycles. The van der Waals surface area contributed by atoms with Gasteiger partial charge in [-0.1, -0.05) is 18.2 Å². The number of hydrogen-bond donors (Lipinski definition) is 0. The van der Waals surface area contributed by atoms with Gasteiger partial charge in [0.2, 0.25) is 5.78 Å². The number of fused-ring (bicyclic) bond motifs is 1. The standard InChI is InChI=1S/C16H19NO3/c1-11-8-17(9-12(2)19-11)10-14(18)16-7-13-5-3-4-6-15(13)20-16/h3-7,11-12H,8-10H2,1-2H3. The molecule has 2 unspecified atom stereocenters. The molecule has 0 aliphatic carbocycles. The minimum Gasteiger partial charge on any atom is -0.453 e. The molecule has 2 aromatic rings. The van der Waals surface area contributed by atoms with Crippen molar-refractivity contribution >= 4 is 16.8 Å². The molecule has 0 saturated carbocycles. The highest BCUT2D eigenvalue weighted by atomic mass is 16.5. The summed E-state index contributed by atoms with van der Waals surface area (Å²) in [7, 11) is 0. The van der Waals surface area contributed by atoms with Crippen molar-refractivity contribution in [1.82, 2.24) is 4.90 Å². The zero-order chi connectivity index (χ0) is 14.1. The van der Waals surface area contributed by atoms with Crippen LogP contribution in [0, 0.1) is 0 Å². The SMILES string of the molecule is CC1CN(CC(=O)c2cc3ccccc3o2)CC(C)O1. The predicted octanol–water partition coefficient (Wildman–Crippen LogP) is 2.72. The number of ether oxygens (including phenoxy) is 1. The number of furan rings is 1. The molecule has 1 saturated heterocycles. The van der Waals surface area contributed by atoms with E-state index in [1.54, 1.807) is 0 Å². The van der Waals surface area contributed by atoms with Gasteiger partial charge >= 0.3 is 0 Å². The van der Waals surface area contributed by atoms with Crippen LogP contribution in [-0.4, -0.2) is 42.5 Å². The van der Waals surface area contributed by atoms with E-state index in [1.807, 2.05) is 44.2 Å². The highest BCUT2D eigenvalue weighted by Gasteiger charge is 2.25. The Kier molecular flexibility index (Phi) is 3.59. The second kappa shape index (κ2) is 5.38. The smallest absolute Gasteiger partial charge is 0.211 e. The number of carbonyl (C=O) groups excluding carboxylic acids is 1. The van der Waals surface area contributed by atoms with Gasteiger partial charge in [0.15, 0.2) is 5.76 Å². The number of ketones is 1. The quantitative estimate of drug-likeness (QED) is 0.806. The fourth-order valence-electron chi connectivity index (χ4n) is 2.81. The average Bonchev–Trinajstić information content (AvgIpc) is 2.81. The minimum atomic E-state index is 0.0301. The second-order valence-electron chi connectivity index (χ2n) is 5.52. The van der Waals surface area contributed by atoms with Gasteiger partial charge in [-0.15, -0.1) is 0 Å². The highest BCUT2D eigenvalue weighted by Crippen LogP contribution is 2.20. The largest absolute Gasteiger partial charge is 0.453 e. The molecular formula is C16H19NO3. The van der Waals surface area contributed by atoms with Crippen molar-refractivity contribution in [2.24, 2.45) is 0 Å². The van der Waals surface area contributed by atoms with Crippen LogP contribution in [0.4, 0.5) is 0 Å². The van der Waals surface area contributed by atoms with Crippen LogP contribution in [0.15, 0.2) is 34.7 Å². The molecule has 0 bridgehead atoms. The molecule has 1 aliphatic rings. The van der Waals surface area contributed by atoms with Crippen molar-refractivity contribution in [3.8, 4) is 0 Å². The third-order valence-electron chi connectivity index (χ3n) is 3.56. The molecule has 2 heterocycles. The van der Waals surface area contributed by atoms with Crippen molar-refractivity contribution in [2.75, 3.05) is 19.6 Å². The van der Waals surface area contributed by atoms with Crippen molar-refractivity contribution in [3.05, 3.63) is 36.1 Å². The molecule has 4 heteroatoms. The lowest BCUT2D eigenvalue weighted by Crippen LogP contribution is -2.47. The highest BCUT2D eigenvalue weighted by molar-refractivity contribution is 5.98. The maximum Gasteiger partial charge on any atom is 0.211 e. The van der Waals surface area contributed by atoms with E-state index >= 15 is 0 Å². The van der Waals surface area contributed by atoms with Gasteiger partial charge in [0.25, 0.3) is 0 Å². The van der Waals surface area contributed by atoms with Gasteiger partial charge in [0, 0.05) is 18.5 Å². The molecule has 4 nitrogen and oxygen atoms in total. The summed E-state index contributed by atoms with van der Waals surface area (Å²) in [6.45, 7) is 6.03. The van der Waals surface area contributed by atoms with Gasteiger partial charge < -0.3 is 9.15 Å². The van der Waals surface area contributed by atoms with Gasteiger partial charge in [-0.2, -0.15) is 0 Å². The molecule has 106 valence electrons. The van der Waals surface area contributed by atoms with Crippen LogP contribution in [0.5, 0.6) is 0 Å². The third-order valence-corrected chi connectivity index (χ3v) is 3.56. The van der Waals surface area contributed by atoms with Gasteiger partial charge in [-0.3, -0.25) is 9.69 Å². The van der Waals surface area contributed by atoms with Crippen molar-refractivity contribution in [1.29, 1.82) is 0 Å². The number of para-hydroxylation sites is 1. The Labute approximate surface area is 118 Å². The number of rotatable bonds is 3. The normalized spacial score (nSPS) is 24.1. The van der Waals surface area contributed by atoms with E-state index in [0.29, 0.717) is 12.3 Å². The molecule has 20 heavy (non-hydrogen) atoms. The average molecular weight is 273 g/mol. The molecule has 0 amide bonds. The third kappa shape index (κ3) is 2.76. The van der Waals surface area contributed by atoms with Crippen LogP contribution in [0.1, 0.15) is 24.4 Å². The molecule has 0 radical (unpaired) electrons. The number of Topliss-reactive ketones (excluding diaryl/α,β-unsaturated/α-hetero) is 1. The van der Waals surface area contributed by atoms with Crippen molar-refractivity contribution < 1.29 is 13.9 Å². The first kappa shape index (κ1) is 13.3. The van der Waals surface area contributed by atoms with Gasteiger partial charge in [0.05, 0.1) is 18.8 Å². The number of nitrogens with zero attached hydrogens (tertiary/aromatic N) is 1. The molecule has 1 fully saturated rings. The van der Waals surface area contributed by atoms with Crippen LogP contribution in [0.2, 0.25) is 0 Å². The molecule has 1 aromatic carbocycles. The van der Waals surface area contributed by atoms with Gasteiger partial charge in [-0.05, 0) is 26.0 Å². The predicted molar refractivity (Wildman–Crippen MR) is 77.0 cm³/mol. The fraction of sp³-hybridized carbons (Fsp3) is 0.438. The number of morpholine rings is 1. The van der Waals surface area contributed by atoms with Gasteiger partial charge in [-0.25, -0.2) is 0 Å². The summed E-state index contributed by atoms with van der Waals surface area (Å²) in [6, 6.07) is 9.51. The summed E-state index contributed by atoms with van der Waals surface area (Å²) in [5.41, 5.74) is 0.763. The van der Waals surface area contributed by atoms with Crippen molar-refractivity contribution in [2.45, 2.75) is 26.1 Å². The topological polar surface area (TPSA) is 42.7 Å². The summed E-state index contributed by atoms with van der Waals surface area (Å²) < 4.78 is 11.3. The zero-order valence-corrected chi connectivity index (χ0v) is 11.8. The van der Waals surface area contributed by atoms with E-state index in [4.69, 9.17) is 9.15 Å². The van der Waals surface area contributed by atoms with Gasteiger partial charge in [0.1, 0.15) is 5.58 Å². The number of benzene rings is 1. The molecular weight excluding hydrogens is 254 g/mol. The Hall–Kier alpha value is -1.65. The Balaban J connectivity index is 1.72. The Morgan fingerprint density at radius 2 is 1.95 bits per heavy atom. The minimum absolute atomic E-state index is 0.0301. The monoisotopic (exact) mass is 273 g/mol. The lowest BCUT2D eigenvalue weighted by Gasteiger charge is -2.34. The summed E-state index contributed by atoms with van der Waals surface area (Å²) in [6.07, 6.45) is 0.337. The second-order valence-corrected chi connectivity index (χ2v) is 5.52. The summed E-state index contributed by atoms with van der Waals surface area (Å²) in [4.78, 5) is 14.5. The molecule has 3 rings (SSSR count). The summed E-state index contributed by atoms with van der Waals surface area (Å²) in [5.74, 6) is 0.473. The number of hydrogen-bond acceptors (Lipinski definition) is 4. The van der Waals surface area contributed by atoms with E-state index in [2.05, 4.69) is 4.90 Å². The van der Waals surface area contributed by atoms with E-state index in [-0.39, 0.29) is 18.0 Å². The van der Waals surface area contributed by atoms with E-state index in [9.17, 15) is 4.79 Å². The first-order valence-corrected chi connectivity index (χ1v) is 7.01. The van der Waals surface area contributed by atoms with E-state index in [1.165, 1.54) is 0 Å². The van der Waals surface area contributed by atoms with Crippen molar-refractivity contribution in [3.63, 3.8) is 0 Å². The zero-order valence-electron chi connectivity index (χ0n) is 11.8.